The van der Waals surface area contributed by atoms with Crippen LogP contribution in [-0.4, -0.2) is 168 Å². The predicted octanol–water partition coefficient (Wildman–Crippen LogP) is -7.57. The molecule has 0 amide bonds. The Labute approximate surface area is 192 Å². The summed E-state index contributed by atoms with van der Waals surface area (Å²) in [5.41, 5.74) is 0. The molecule has 16 heteroatoms. The molecule has 0 aromatic heterocycles. The molecule has 200 valence electrons. The second-order valence-electron chi connectivity index (χ2n) is 8.33. The van der Waals surface area contributed by atoms with Gasteiger partial charge in [-0.2, -0.15) is 0 Å². The molecule has 3 aliphatic rings. The summed E-state index contributed by atoms with van der Waals surface area (Å²) in [6.45, 7) is -2.32. The van der Waals surface area contributed by atoms with Crippen LogP contribution in [0.4, 0.5) is 0 Å². The minimum atomic E-state index is -1.91. The summed E-state index contributed by atoms with van der Waals surface area (Å²) in [4.78, 5) is 0. The van der Waals surface area contributed by atoms with E-state index in [2.05, 4.69) is 0 Å². The van der Waals surface area contributed by atoms with E-state index in [0.717, 1.165) is 0 Å². The first kappa shape index (κ1) is 27.9. The van der Waals surface area contributed by atoms with Crippen LogP contribution in [-0.2, 0) is 23.7 Å². The van der Waals surface area contributed by atoms with E-state index in [1.54, 1.807) is 0 Å². The van der Waals surface area contributed by atoms with Crippen molar-refractivity contribution in [2.24, 2.45) is 0 Å². The zero-order valence-electron chi connectivity index (χ0n) is 17.7. The first-order valence-corrected chi connectivity index (χ1v) is 10.6. The van der Waals surface area contributed by atoms with E-state index in [-0.39, 0.29) is 0 Å². The highest BCUT2D eigenvalue weighted by Gasteiger charge is 2.53. The van der Waals surface area contributed by atoms with Crippen molar-refractivity contribution in [1.82, 2.24) is 0 Å². The van der Waals surface area contributed by atoms with Crippen molar-refractivity contribution in [3.8, 4) is 0 Å². The second-order valence-corrected chi connectivity index (χ2v) is 8.33. The predicted molar refractivity (Wildman–Crippen MR) is 101 cm³/mol. The molecule has 16 nitrogen and oxygen atoms in total. The molecule has 34 heavy (non-hydrogen) atoms. The molecule has 0 aliphatic carbocycles. The van der Waals surface area contributed by atoms with Crippen molar-refractivity contribution in [2.75, 3.05) is 19.8 Å². The Morgan fingerprint density at radius 2 is 0.853 bits per heavy atom. The molecule has 0 aromatic rings. The zero-order chi connectivity index (χ0) is 25.3. The van der Waals surface area contributed by atoms with Crippen molar-refractivity contribution >= 4 is 0 Å². The van der Waals surface area contributed by atoms with Crippen LogP contribution in [0.25, 0.3) is 0 Å². The SMILES string of the molecule is OC[C@@H]1O[C@H](O[C@H]2[C@@H](O)[C@@H](O)[C@H](O[C@H]3[C@@H](O)[C@H](O)[C@H](O)O[C@H]3CO)O[C@H]2CO)[C@@H](O)[C@H](O)[C@H]1O. The average molecular weight is 504 g/mol. The smallest absolute Gasteiger partial charge is 0.187 e. The molecule has 3 rings (SSSR count). The first-order chi connectivity index (χ1) is 16.0. The Morgan fingerprint density at radius 3 is 1.35 bits per heavy atom. The van der Waals surface area contributed by atoms with Crippen molar-refractivity contribution < 1.29 is 79.9 Å². The molecule has 15 atom stereocenters. The van der Waals surface area contributed by atoms with Crippen LogP contribution in [0.3, 0.4) is 0 Å². The number of ether oxygens (including phenoxy) is 5. The number of hydrogen-bond donors (Lipinski definition) is 11. The molecular weight excluding hydrogens is 472 g/mol. The number of rotatable bonds is 7. The fraction of sp³-hybridized carbons (Fsp3) is 1.00. The van der Waals surface area contributed by atoms with Gasteiger partial charge < -0.3 is 79.9 Å². The lowest BCUT2D eigenvalue weighted by Gasteiger charge is -2.47. The molecule has 0 saturated carbocycles. The lowest BCUT2D eigenvalue weighted by Crippen LogP contribution is -2.66. The van der Waals surface area contributed by atoms with Crippen LogP contribution in [0.15, 0.2) is 0 Å². The molecule has 0 aromatic carbocycles. The van der Waals surface area contributed by atoms with Gasteiger partial charge in [-0.25, -0.2) is 0 Å². The standard InChI is InChI=1S/C18H32O16/c19-1-4-7(22)8(23)12(27)17(31-4)34-15-6(3-21)32-18(13(28)10(15)25)33-14-5(2-20)30-16(29)11(26)9(14)24/h4-29H,1-3H2/t4-,5-,6-,7-,8+,9-,10-,11-,12-,13+,14+,15+,16+,17+,18-/m0/s1. The van der Waals surface area contributed by atoms with Gasteiger partial charge in [0.25, 0.3) is 0 Å². The van der Waals surface area contributed by atoms with E-state index in [1.807, 2.05) is 0 Å². The van der Waals surface area contributed by atoms with Gasteiger partial charge in [0.05, 0.1) is 19.8 Å². The van der Waals surface area contributed by atoms with E-state index in [0.29, 0.717) is 0 Å². The van der Waals surface area contributed by atoms with Gasteiger partial charge in [-0.3, -0.25) is 0 Å². The summed E-state index contributed by atoms with van der Waals surface area (Å²) >= 11 is 0. The zero-order valence-corrected chi connectivity index (χ0v) is 17.7. The lowest BCUT2D eigenvalue weighted by molar-refractivity contribution is -0.377. The summed E-state index contributed by atoms with van der Waals surface area (Å²) < 4.78 is 26.4. The average Bonchev–Trinajstić information content (AvgIpc) is 2.83. The number of aliphatic hydroxyl groups excluding tert-OH is 11. The fourth-order valence-electron chi connectivity index (χ4n) is 4.06. The maximum atomic E-state index is 10.6. The van der Waals surface area contributed by atoms with Gasteiger partial charge in [-0.1, -0.05) is 0 Å². The van der Waals surface area contributed by atoms with E-state index < -0.39 is 112 Å². The van der Waals surface area contributed by atoms with Crippen molar-refractivity contribution in [3.05, 3.63) is 0 Å². The van der Waals surface area contributed by atoms with Gasteiger partial charge in [0.1, 0.15) is 73.2 Å². The summed E-state index contributed by atoms with van der Waals surface area (Å²) in [5.74, 6) is 0. The molecule has 0 radical (unpaired) electrons. The van der Waals surface area contributed by atoms with Gasteiger partial charge in [0.15, 0.2) is 18.9 Å². The summed E-state index contributed by atoms with van der Waals surface area (Å²) in [6, 6.07) is 0. The van der Waals surface area contributed by atoms with Crippen LogP contribution in [0.1, 0.15) is 0 Å². The van der Waals surface area contributed by atoms with Crippen molar-refractivity contribution in [3.63, 3.8) is 0 Å². The van der Waals surface area contributed by atoms with E-state index >= 15 is 0 Å². The summed E-state index contributed by atoms with van der Waals surface area (Å²) in [6.07, 6.45) is -25.1. The Bertz CT molecular complexity index is 635. The van der Waals surface area contributed by atoms with Crippen LogP contribution < -0.4 is 0 Å². The number of aliphatic hydroxyl groups is 11. The number of hydrogen-bond acceptors (Lipinski definition) is 16. The Morgan fingerprint density at radius 1 is 0.441 bits per heavy atom. The Kier molecular flexibility index (Phi) is 9.54. The lowest BCUT2D eigenvalue weighted by atomic mass is 9.96. The normalized spacial score (nSPS) is 52.5. The van der Waals surface area contributed by atoms with Gasteiger partial charge in [-0.05, 0) is 0 Å². The third-order valence-corrected chi connectivity index (χ3v) is 6.09. The molecule has 3 aliphatic heterocycles. The molecule has 0 bridgehead atoms. The van der Waals surface area contributed by atoms with Gasteiger partial charge in [0.2, 0.25) is 0 Å². The monoisotopic (exact) mass is 504 g/mol. The largest absolute Gasteiger partial charge is 0.394 e. The fourth-order valence-corrected chi connectivity index (χ4v) is 4.06. The molecule has 11 N–H and O–H groups in total. The molecule has 0 unspecified atom stereocenters. The third-order valence-electron chi connectivity index (χ3n) is 6.09. The molecular formula is C18H32O16. The van der Waals surface area contributed by atoms with Crippen LogP contribution in [0, 0.1) is 0 Å². The maximum absolute atomic E-state index is 10.6. The molecule has 3 fully saturated rings. The van der Waals surface area contributed by atoms with E-state index in [4.69, 9.17) is 23.7 Å². The highest BCUT2D eigenvalue weighted by Crippen LogP contribution is 2.32. The van der Waals surface area contributed by atoms with Crippen molar-refractivity contribution in [1.29, 1.82) is 0 Å². The minimum Gasteiger partial charge on any atom is -0.394 e. The molecule has 0 spiro atoms. The third kappa shape index (κ3) is 5.37. The highest BCUT2D eigenvalue weighted by molar-refractivity contribution is 4.96. The highest BCUT2D eigenvalue weighted by atomic mass is 16.8. The quantitative estimate of drug-likeness (QED) is 0.154. The Hall–Kier alpha value is -0.640. The second kappa shape index (κ2) is 11.6. The van der Waals surface area contributed by atoms with Crippen LogP contribution in [0.5, 0.6) is 0 Å². The van der Waals surface area contributed by atoms with Gasteiger partial charge in [-0.15, -0.1) is 0 Å². The van der Waals surface area contributed by atoms with Crippen molar-refractivity contribution in [2.45, 2.75) is 92.1 Å². The van der Waals surface area contributed by atoms with Crippen LogP contribution in [0.2, 0.25) is 0 Å². The summed E-state index contributed by atoms with van der Waals surface area (Å²) in [7, 11) is 0. The summed E-state index contributed by atoms with van der Waals surface area (Å²) in [5, 5.41) is 109. The Balaban J connectivity index is 1.72. The maximum Gasteiger partial charge on any atom is 0.187 e. The van der Waals surface area contributed by atoms with Gasteiger partial charge in [0, 0.05) is 0 Å². The molecule has 3 saturated heterocycles. The van der Waals surface area contributed by atoms with E-state index in [9.17, 15) is 56.2 Å². The first-order valence-electron chi connectivity index (χ1n) is 10.6. The van der Waals surface area contributed by atoms with E-state index in [1.165, 1.54) is 0 Å². The minimum absolute atomic E-state index is 0.741. The van der Waals surface area contributed by atoms with Crippen LogP contribution >= 0.6 is 0 Å². The van der Waals surface area contributed by atoms with Gasteiger partial charge >= 0.3 is 0 Å². The topological polar surface area (TPSA) is 269 Å². The molecule has 3 heterocycles.